The molecule has 2 fully saturated rings. The highest BCUT2D eigenvalue weighted by Gasteiger charge is 2.37. The van der Waals surface area contributed by atoms with E-state index in [1.165, 1.54) is 43.2 Å². The zero-order valence-electron chi connectivity index (χ0n) is 16.0. The van der Waals surface area contributed by atoms with E-state index in [-0.39, 0.29) is 17.7 Å². The van der Waals surface area contributed by atoms with Gasteiger partial charge in [-0.1, -0.05) is 61.9 Å². The smallest absolute Gasteiger partial charge is 0.225 e. The number of benzene rings is 1. The van der Waals surface area contributed by atoms with Crippen LogP contribution in [0.3, 0.4) is 0 Å². The molecule has 2 aliphatic rings. The molecule has 2 amide bonds. The highest BCUT2D eigenvalue weighted by molar-refractivity contribution is 5.89. The molecule has 1 atom stereocenters. The predicted molar refractivity (Wildman–Crippen MR) is 104 cm³/mol. The number of amides is 2. The van der Waals surface area contributed by atoms with E-state index in [0.29, 0.717) is 25.6 Å². The van der Waals surface area contributed by atoms with Gasteiger partial charge in [-0.25, -0.2) is 0 Å². The summed E-state index contributed by atoms with van der Waals surface area (Å²) < 4.78 is 0. The number of rotatable bonds is 5. The SMILES string of the molecule is Cc1ccc(CCNC(=O)[C@@H]2CC(=O)N(C3CCCCCCC3)C2)cc1. The van der Waals surface area contributed by atoms with Crippen LogP contribution in [0.1, 0.15) is 62.5 Å². The molecule has 26 heavy (non-hydrogen) atoms. The molecule has 3 rings (SSSR count). The summed E-state index contributed by atoms with van der Waals surface area (Å²) in [5.41, 5.74) is 2.48. The lowest BCUT2D eigenvalue weighted by Gasteiger charge is -2.29. The molecule has 1 saturated heterocycles. The van der Waals surface area contributed by atoms with Crippen molar-refractivity contribution in [3.05, 3.63) is 35.4 Å². The lowest BCUT2D eigenvalue weighted by Crippen LogP contribution is -2.39. The van der Waals surface area contributed by atoms with Gasteiger partial charge in [-0.3, -0.25) is 9.59 Å². The second kappa shape index (κ2) is 9.20. The Bertz CT molecular complexity index is 603. The van der Waals surface area contributed by atoms with Gasteiger partial charge < -0.3 is 10.2 Å². The first-order chi connectivity index (χ1) is 12.6. The molecule has 1 heterocycles. The highest BCUT2D eigenvalue weighted by atomic mass is 16.2. The van der Waals surface area contributed by atoms with E-state index in [4.69, 9.17) is 0 Å². The fraction of sp³-hybridized carbons (Fsp3) is 0.636. The fourth-order valence-electron chi connectivity index (χ4n) is 4.24. The molecule has 0 radical (unpaired) electrons. The van der Waals surface area contributed by atoms with Crippen molar-refractivity contribution in [2.45, 2.75) is 70.8 Å². The van der Waals surface area contributed by atoms with Crippen molar-refractivity contribution < 1.29 is 9.59 Å². The molecule has 1 aliphatic heterocycles. The summed E-state index contributed by atoms with van der Waals surface area (Å²) in [5, 5.41) is 3.04. The number of carbonyl (C=O) groups is 2. The van der Waals surface area contributed by atoms with Crippen molar-refractivity contribution in [1.82, 2.24) is 10.2 Å². The largest absolute Gasteiger partial charge is 0.355 e. The molecule has 0 aromatic heterocycles. The first kappa shape index (κ1) is 18.9. The first-order valence-corrected chi connectivity index (χ1v) is 10.3. The van der Waals surface area contributed by atoms with E-state index in [9.17, 15) is 9.59 Å². The number of hydrogen-bond donors (Lipinski definition) is 1. The Hall–Kier alpha value is -1.84. The van der Waals surface area contributed by atoms with Crippen LogP contribution in [0.5, 0.6) is 0 Å². The summed E-state index contributed by atoms with van der Waals surface area (Å²) in [5.74, 6) is 0.0408. The van der Waals surface area contributed by atoms with Gasteiger partial charge in [-0.05, 0) is 31.7 Å². The van der Waals surface area contributed by atoms with E-state index < -0.39 is 0 Å². The molecule has 0 spiro atoms. The predicted octanol–water partition coefficient (Wildman–Crippen LogP) is 3.62. The molecule has 1 aromatic rings. The molecular weight excluding hydrogens is 324 g/mol. The first-order valence-electron chi connectivity index (χ1n) is 10.3. The third-order valence-corrected chi connectivity index (χ3v) is 5.88. The highest BCUT2D eigenvalue weighted by Crippen LogP contribution is 2.27. The van der Waals surface area contributed by atoms with Crippen molar-refractivity contribution in [3.8, 4) is 0 Å². The summed E-state index contributed by atoms with van der Waals surface area (Å²) in [6, 6.07) is 8.76. The maximum Gasteiger partial charge on any atom is 0.225 e. The minimum Gasteiger partial charge on any atom is -0.355 e. The Morgan fingerprint density at radius 3 is 2.42 bits per heavy atom. The van der Waals surface area contributed by atoms with Gasteiger partial charge in [0, 0.05) is 25.6 Å². The van der Waals surface area contributed by atoms with E-state index in [0.717, 1.165) is 19.3 Å². The van der Waals surface area contributed by atoms with Crippen molar-refractivity contribution in [2.24, 2.45) is 5.92 Å². The summed E-state index contributed by atoms with van der Waals surface area (Å²) in [6.07, 6.45) is 9.73. The Balaban J connectivity index is 1.46. The minimum absolute atomic E-state index is 0.0406. The molecule has 1 N–H and O–H groups in total. The number of hydrogen-bond acceptors (Lipinski definition) is 2. The second-order valence-corrected chi connectivity index (χ2v) is 7.97. The molecular formula is C22H32N2O2. The van der Waals surface area contributed by atoms with Crippen LogP contribution in [0.25, 0.3) is 0 Å². The molecule has 0 bridgehead atoms. The summed E-state index contributed by atoms with van der Waals surface area (Å²) in [7, 11) is 0. The van der Waals surface area contributed by atoms with E-state index in [2.05, 4.69) is 36.5 Å². The van der Waals surface area contributed by atoms with Gasteiger partial charge in [-0.2, -0.15) is 0 Å². The lowest BCUT2D eigenvalue weighted by molar-refractivity contribution is -0.130. The monoisotopic (exact) mass is 356 g/mol. The van der Waals surface area contributed by atoms with Crippen molar-refractivity contribution in [2.75, 3.05) is 13.1 Å². The van der Waals surface area contributed by atoms with Crippen LogP contribution in [0, 0.1) is 12.8 Å². The van der Waals surface area contributed by atoms with Gasteiger partial charge in [0.2, 0.25) is 11.8 Å². The Kier molecular flexibility index (Phi) is 6.70. The normalized spacial score (nSPS) is 22.1. The van der Waals surface area contributed by atoms with Gasteiger partial charge in [0.25, 0.3) is 0 Å². The van der Waals surface area contributed by atoms with Crippen LogP contribution < -0.4 is 5.32 Å². The number of likely N-dealkylation sites (tertiary alicyclic amines) is 1. The van der Waals surface area contributed by atoms with Gasteiger partial charge in [0.15, 0.2) is 0 Å². The van der Waals surface area contributed by atoms with Gasteiger partial charge in [0.1, 0.15) is 0 Å². The Morgan fingerprint density at radius 1 is 1.08 bits per heavy atom. The average Bonchev–Trinajstić information content (AvgIpc) is 2.98. The van der Waals surface area contributed by atoms with Gasteiger partial charge >= 0.3 is 0 Å². The molecule has 1 aliphatic carbocycles. The topological polar surface area (TPSA) is 49.4 Å². The fourth-order valence-corrected chi connectivity index (χ4v) is 4.24. The molecule has 142 valence electrons. The molecule has 1 aromatic carbocycles. The van der Waals surface area contributed by atoms with Crippen LogP contribution in [0.15, 0.2) is 24.3 Å². The summed E-state index contributed by atoms with van der Waals surface area (Å²) in [4.78, 5) is 27.0. The van der Waals surface area contributed by atoms with E-state index in [1.807, 2.05) is 4.90 Å². The van der Waals surface area contributed by atoms with Crippen LogP contribution in [0.2, 0.25) is 0 Å². The average molecular weight is 357 g/mol. The van der Waals surface area contributed by atoms with E-state index >= 15 is 0 Å². The number of aryl methyl sites for hydroxylation is 1. The lowest BCUT2D eigenvalue weighted by atomic mass is 9.96. The second-order valence-electron chi connectivity index (χ2n) is 7.97. The van der Waals surface area contributed by atoms with Crippen molar-refractivity contribution >= 4 is 11.8 Å². The standard InChI is InChI=1S/C22H32N2O2/c1-17-9-11-18(12-10-17)13-14-23-22(26)19-15-21(25)24(16-19)20-7-5-3-2-4-6-8-20/h9-12,19-20H,2-8,13-16H2,1H3,(H,23,26)/t19-/m1/s1. The zero-order chi connectivity index (χ0) is 18.4. The van der Waals surface area contributed by atoms with Crippen LogP contribution >= 0.6 is 0 Å². The molecule has 1 saturated carbocycles. The van der Waals surface area contributed by atoms with Gasteiger partial charge in [-0.15, -0.1) is 0 Å². The Labute approximate surface area is 157 Å². The number of carbonyl (C=O) groups excluding carboxylic acids is 2. The van der Waals surface area contributed by atoms with Gasteiger partial charge in [0.05, 0.1) is 5.92 Å². The summed E-state index contributed by atoms with van der Waals surface area (Å²) >= 11 is 0. The molecule has 0 unspecified atom stereocenters. The summed E-state index contributed by atoms with van der Waals surface area (Å²) in [6.45, 7) is 3.32. The number of nitrogens with one attached hydrogen (secondary N) is 1. The number of nitrogens with zero attached hydrogens (tertiary/aromatic N) is 1. The zero-order valence-corrected chi connectivity index (χ0v) is 16.0. The minimum atomic E-state index is -0.175. The van der Waals surface area contributed by atoms with Crippen LogP contribution in [-0.4, -0.2) is 35.8 Å². The third kappa shape index (κ3) is 5.09. The van der Waals surface area contributed by atoms with E-state index in [1.54, 1.807) is 0 Å². The van der Waals surface area contributed by atoms with Crippen molar-refractivity contribution in [3.63, 3.8) is 0 Å². The maximum atomic E-state index is 12.5. The van der Waals surface area contributed by atoms with Crippen molar-refractivity contribution in [1.29, 1.82) is 0 Å². The van der Waals surface area contributed by atoms with Crippen LogP contribution in [0.4, 0.5) is 0 Å². The van der Waals surface area contributed by atoms with Crippen LogP contribution in [-0.2, 0) is 16.0 Å². The third-order valence-electron chi connectivity index (χ3n) is 5.88. The molecule has 4 heteroatoms. The Morgan fingerprint density at radius 2 is 1.73 bits per heavy atom. The molecule has 4 nitrogen and oxygen atoms in total. The maximum absolute atomic E-state index is 12.5. The quantitative estimate of drug-likeness (QED) is 0.876.